The molecule has 0 spiro atoms. The van der Waals surface area contributed by atoms with Crippen molar-refractivity contribution in [1.82, 2.24) is 19.8 Å². The van der Waals surface area contributed by atoms with Gasteiger partial charge in [0.1, 0.15) is 5.69 Å². The Morgan fingerprint density at radius 2 is 1.72 bits per heavy atom. The van der Waals surface area contributed by atoms with Gasteiger partial charge in [0, 0.05) is 19.5 Å². The minimum absolute atomic E-state index is 0.000727. The van der Waals surface area contributed by atoms with Crippen LogP contribution in [0.3, 0.4) is 0 Å². The Kier molecular flexibility index (Phi) is 7.42. The number of benzene rings is 1. The molecule has 1 aliphatic rings. The highest BCUT2D eigenvalue weighted by molar-refractivity contribution is 5.78. The third kappa shape index (κ3) is 5.66. The number of aryl methyl sites for hydroxylation is 4. The first-order chi connectivity index (χ1) is 14.0. The molecule has 0 atom stereocenters. The predicted molar refractivity (Wildman–Crippen MR) is 117 cm³/mol. The molecule has 6 nitrogen and oxygen atoms in total. The van der Waals surface area contributed by atoms with Gasteiger partial charge in [-0.1, -0.05) is 12.8 Å². The number of carbonyl (C=O) groups is 1. The highest BCUT2D eigenvalue weighted by Crippen LogP contribution is 2.17. The summed E-state index contributed by atoms with van der Waals surface area (Å²) in [4.78, 5) is 31.9. The monoisotopic (exact) mass is 398 g/mol. The van der Waals surface area contributed by atoms with Crippen LogP contribution in [0.15, 0.2) is 16.9 Å². The molecule has 1 fully saturated rings. The summed E-state index contributed by atoms with van der Waals surface area (Å²) in [5, 5.41) is 3.01. The summed E-state index contributed by atoms with van der Waals surface area (Å²) in [6.07, 6.45) is 6.54. The number of fused-ring (bicyclic) bond motifs is 1. The van der Waals surface area contributed by atoms with Gasteiger partial charge >= 0.3 is 0 Å². The maximum atomic E-state index is 12.6. The molecule has 158 valence electrons. The standard InChI is InChI=1S/C23H34N4O2/c1-17-15-20-21(16-18(17)2)27(23(29)19(3)25-20)14-9-22(28)24-10-8-13-26-11-6-4-5-7-12-26/h15-16H,4-14H2,1-3H3,(H,24,28). The van der Waals surface area contributed by atoms with Gasteiger partial charge in [-0.2, -0.15) is 0 Å². The Bertz CT molecular complexity index is 911. The molecule has 1 aromatic heterocycles. The molecule has 0 unspecified atom stereocenters. The molecule has 2 heterocycles. The second kappa shape index (κ2) is 10.0. The zero-order valence-corrected chi connectivity index (χ0v) is 18.1. The average molecular weight is 399 g/mol. The Morgan fingerprint density at radius 1 is 1.03 bits per heavy atom. The lowest BCUT2D eigenvalue weighted by Crippen LogP contribution is -2.32. The van der Waals surface area contributed by atoms with E-state index in [0.29, 0.717) is 25.2 Å². The van der Waals surface area contributed by atoms with Crippen LogP contribution in [-0.2, 0) is 11.3 Å². The number of nitrogens with zero attached hydrogens (tertiary/aromatic N) is 3. The smallest absolute Gasteiger partial charge is 0.272 e. The zero-order valence-electron chi connectivity index (χ0n) is 18.1. The second-order valence-electron chi connectivity index (χ2n) is 8.29. The van der Waals surface area contributed by atoms with Gasteiger partial charge in [0.2, 0.25) is 5.91 Å². The molecule has 6 heteroatoms. The normalized spacial score (nSPS) is 15.4. The molecule has 2 aromatic rings. The Balaban J connectivity index is 1.54. The highest BCUT2D eigenvalue weighted by atomic mass is 16.1. The fourth-order valence-electron chi connectivity index (χ4n) is 4.04. The number of amides is 1. The van der Waals surface area contributed by atoms with Gasteiger partial charge in [-0.05, 0) is 82.9 Å². The van der Waals surface area contributed by atoms with Crippen LogP contribution < -0.4 is 10.9 Å². The van der Waals surface area contributed by atoms with Crippen molar-refractivity contribution in [2.75, 3.05) is 26.2 Å². The summed E-state index contributed by atoms with van der Waals surface area (Å²) in [6.45, 7) is 10.3. The van der Waals surface area contributed by atoms with Crippen LogP contribution >= 0.6 is 0 Å². The van der Waals surface area contributed by atoms with Gasteiger partial charge < -0.3 is 14.8 Å². The summed E-state index contributed by atoms with van der Waals surface area (Å²) >= 11 is 0. The van der Waals surface area contributed by atoms with Crippen molar-refractivity contribution in [1.29, 1.82) is 0 Å². The van der Waals surface area contributed by atoms with E-state index >= 15 is 0 Å². The first kappa shape index (κ1) is 21.5. The van der Waals surface area contributed by atoms with E-state index in [2.05, 4.69) is 15.2 Å². The molecule has 1 saturated heterocycles. The van der Waals surface area contributed by atoms with Crippen molar-refractivity contribution < 1.29 is 4.79 Å². The van der Waals surface area contributed by atoms with Crippen molar-refractivity contribution in [3.8, 4) is 0 Å². The van der Waals surface area contributed by atoms with E-state index in [1.807, 2.05) is 26.0 Å². The third-order valence-electron chi connectivity index (χ3n) is 5.96. The quantitative estimate of drug-likeness (QED) is 0.728. The Labute approximate surface area is 173 Å². The molecule has 1 aliphatic heterocycles. The van der Waals surface area contributed by atoms with Crippen molar-refractivity contribution in [3.63, 3.8) is 0 Å². The van der Waals surface area contributed by atoms with Crippen LogP contribution in [0.4, 0.5) is 0 Å². The Morgan fingerprint density at radius 3 is 2.45 bits per heavy atom. The molecule has 0 aliphatic carbocycles. The highest BCUT2D eigenvalue weighted by Gasteiger charge is 2.12. The first-order valence-electron chi connectivity index (χ1n) is 10.9. The maximum Gasteiger partial charge on any atom is 0.272 e. The lowest BCUT2D eigenvalue weighted by atomic mass is 10.1. The molecular formula is C23H34N4O2. The SMILES string of the molecule is Cc1cc2nc(C)c(=O)n(CCC(=O)NCCCN3CCCCCC3)c2cc1C. The molecule has 1 aromatic carbocycles. The third-order valence-corrected chi connectivity index (χ3v) is 5.96. The van der Waals surface area contributed by atoms with Crippen LogP contribution in [0.1, 0.15) is 55.3 Å². The number of hydrogen-bond donors (Lipinski definition) is 1. The number of aromatic nitrogens is 2. The predicted octanol–water partition coefficient (Wildman–Crippen LogP) is 3.09. The van der Waals surface area contributed by atoms with E-state index in [9.17, 15) is 9.59 Å². The summed E-state index contributed by atoms with van der Waals surface area (Å²) in [5.41, 5.74) is 4.24. The number of hydrogen-bond acceptors (Lipinski definition) is 4. The van der Waals surface area contributed by atoms with Crippen molar-refractivity contribution in [2.24, 2.45) is 0 Å². The largest absolute Gasteiger partial charge is 0.356 e. The van der Waals surface area contributed by atoms with Crippen molar-refractivity contribution in [3.05, 3.63) is 39.3 Å². The lowest BCUT2D eigenvalue weighted by Gasteiger charge is -2.19. The fraction of sp³-hybridized carbons (Fsp3) is 0.609. The summed E-state index contributed by atoms with van der Waals surface area (Å²) in [7, 11) is 0. The van der Waals surface area contributed by atoms with E-state index in [1.165, 1.54) is 38.8 Å². The fourth-order valence-corrected chi connectivity index (χ4v) is 4.04. The maximum absolute atomic E-state index is 12.6. The molecule has 3 rings (SSSR count). The molecule has 1 N–H and O–H groups in total. The van der Waals surface area contributed by atoms with Gasteiger partial charge in [0.15, 0.2) is 0 Å². The molecule has 0 bridgehead atoms. The van der Waals surface area contributed by atoms with Crippen LogP contribution in [0.5, 0.6) is 0 Å². The van der Waals surface area contributed by atoms with Crippen LogP contribution in [-0.4, -0.2) is 46.5 Å². The Hall–Kier alpha value is -2.21. The van der Waals surface area contributed by atoms with E-state index in [-0.39, 0.29) is 11.5 Å². The zero-order chi connectivity index (χ0) is 20.8. The topological polar surface area (TPSA) is 67.2 Å². The van der Waals surface area contributed by atoms with E-state index in [0.717, 1.165) is 35.1 Å². The minimum Gasteiger partial charge on any atom is -0.356 e. The van der Waals surface area contributed by atoms with Crippen molar-refractivity contribution in [2.45, 2.75) is 65.8 Å². The second-order valence-corrected chi connectivity index (χ2v) is 8.29. The van der Waals surface area contributed by atoms with Gasteiger partial charge in [-0.15, -0.1) is 0 Å². The number of nitrogens with one attached hydrogen (secondary N) is 1. The van der Waals surface area contributed by atoms with E-state index in [1.54, 1.807) is 11.5 Å². The van der Waals surface area contributed by atoms with Crippen LogP contribution in [0.2, 0.25) is 0 Å². The average Bonchev–Trinajstić information content (AvgIpc) is 2.96. The summed E-state index contributed by atoms with van der Waals surface area (Å²) in [6, 6.07) is 4.01. The molecule has 1 amide bonds. The van der Waals surface area contributed by atoms with Gasteiger partial charge in [-0.25, -0.2) is 4.98 Å². The number of rotatable bonds is 7. The molecular weight excluding hydrogens is 364 g/mol. The molecule has 29 heavy (non-hydrogen) atoms. The van der Waals surface area contributed by atoms with Crippen LogP contribution in [0, 0.1) is 20.8 Å². The number of likely N-dealkylation sites (tertiary alicyclic amines) is 1. The van der Waals surface area contributed by atoms with Gasteiger partial charge in [-0.3, -0.25) is 9.59 Å². The van der Waals surface area contributed by atoms with Crippen LogP contribution in [0.25, 0.3) is 11.0 Å². The van der Waals surface area contributed by atoms with Gasteiger partial charge in [0.05, 0.1) is 11.0 Å². The summed E-state index contributed by atoms with van der Waals surface area (Å²) < 4.78 is 1.70. The van der Waals surface area contributed by atoms with Crippen molar-refractivity contribution >= 4 is 16.9 Å². The van der Waals surface area contributed by atoms with E-state index < -0.39 is 0 Å². The first-order valence-corrected chi connectivity index (χ1v) is 10.9. The lowest BCUT2D eigenvalue weighted by molar-refractivity contribution is -0.121. The molecule has 0 radical (unpaired) electrons. The number of carbonyl (C=O) groups excluding carboxylic acids is 1. The van der Waals surface area contributed by atoms with Gasteiger partial charge in [0.25, 0.3) is 5.56 Å². The molecule has 0 saturated carbocycles. The summed E-state index contributed by atoms with van der Waals surface area (Å²) in [5.74, 6) is -0.000727. The van der Waals surface area contributed by atoms with E-state index in [4.69, 9.17) is 0 Å². The minimum atomic E-state index is -0.116.